The second kappa shape index (κ2) is 6.55. The molecule has 25 heavy (non-hydrogen) atoms. The highest BCUT2D eigenvalue weighted by atomic mass is 16.5. The average Bonchev–Trinajstić information content (AvgIpc) is 2.67. The monoisotopic (exact) mass is 336 g/mol. The molecule has 6 heteroatoms. The Balaban J connectivity index is 1.73. The maximum Gasteiger partial charge on any atom is 0.161 e. The quantitative estimate of drug-likeness (QED) is 0.786. The van der Waals surface area contributed by atoms with Gasteiger partial charge in [0.15, 0.2) is 17.3 Å². The number of ether oxygens (including phenoxy) is 2. The zero-order chi connectivity index (χ0) is 17.2. The fourth-order valence-corrected chi connectivity index (χ4v) is 3.44. The topological polar surface area (TPSA) is 69.2 Å². The molecule has 0 fully saturated rings. The number of methoxy groups -OCH3 is 2. The molecular weight excluding hydrogens is 316 g/mol. The highest BCUT2D eigenvalue weighted by Crippen LogP contribution is 2.39. The van der Waals surface area contributed by atoms with Crippen LogP contribution < -0.4 is 14.8 Å². The van der Waals surface area contributed by atoms with E-state index in [2.05, 4.69) is 32.4 Å². The zero-order valence-electron chi connectivity index (χ0n) is 14.3. The van der Waals surface area contributed by atoms with Crippen LogP contribution in [0.3, 0.4) is 0 Å². The van der Waals surface area contributed by atoms with Crippen molar-refractivity contribution < 1.29 is 9.47 Å². The van der Waals surface area contributed by atoms with E-state index in [0.29, 0.717) is 0 Å². The van der Waals surface area contributed by atoms with E-state index in [-0.39, 0.29) is 6.04 Å². The van der Waals surface area contributed by atoms with Gasteiger partial charge in [-0.05, 0) is 54.7 Å². The molecule has 0 spiro atoms. The molecule has 0 radical (unpaired) electrons. The number of hydrogen-bond donors (Lipinski definition) is 1. The van der Waals surface area contributed by atoms with Crippen molar-refractivity contribution >= 4 is 16.9 Å². The molecule has 1 atom stereocenters. The van der Waals surface area contributed by atoms with Gasteiger partial charge in [-0.1, -0.05) is 0 Å². The minimum atomic E-state index is 0.156. The number of nitrogens with zero attached hydrogens (tertiary/aromatic N) is 3. The molecule has 2 aromatic heterocycles. The lowest BCUT2D eigenvalue weighted by atomic mass is 9.87. The van der Waals surface area contributed by atoms with Crippen molar-refractivity contribution in [3.8, 4) is 11.5 Å². The summed E-state index contributed by atoms with van der Waals surface area (Å²) in [6.45, 7) is 0. The Morgan fingerprint density at radius 3 is 2.76 bits per heavy atom. The second-order valence-corrected chi connectivity index (χ2v) is 6.09. The van der Waals surface area contributed by atoms with Crippen LogP contribution in [0.2, 0.25) is 0 Å². The van der Waals surface area contributed by atoms with Gasteiger partial charge in [-0.25, -0.2) is 9.97 Å². The highest BCUT2D eigenvalue weighted by Gasteiger charge is 2.24. The van der Waals surface area contributed by atoms with Crippen LogP contribution in [0.1, 0.15) is 30.0 Å². The molecule has 6 nitrogen and oxygen atoms in total. The molecule has 0 bridgehead atoms. The normalized spacial score (nSPS) is 16.3. The Hall–Kier alpha value is -2.89. The number of nitrogens with one attached hydrogen (secondary N) is 1. The highest BCUT2D eigenvalue weighted by molar-refractivity contribution is 5.84. The number of rotatable bonds is 4. The van der Waals surface area contributed by atoms with Gasteiger partial charge in [0.2, 0.25) is 0 Å². The SMILES string of the molecule is COc1cc2c(cc1OC)C(Nc1ncnc3cccnc13)CCC2. The second-order valence-electron chi connectivity index (χ2n) is 6.09. The van der Waals surface area contributed by atoms with Crippen LogP contribution in [0.5, 0.6) is 11.5 Å². The van der Waals surface area contributed by atoms with E-state index in [9.17, 15) is 0 Å². The van der Waals surface area contributed by atoms with Gasteiger partial charge in [-0.15, -0.1) is 0 Å². The number of anilines is 1. The van der Waals surface area contributed by atoms with E-state index in [1.165, 1.54) is 11.1 Å². The number of aromatic nitrogens is 3. The molecule has 0 amide bonds. The summed E-state index contributed by atoms with van der Waals surface area (Å²) in [6, 6.07) is 8.13. The summed E-state index contributed by atoms with van der Waals surface area (Å²) in [7, 11) is 3.33. The molecule has 4 rings (SSSR count). The standard InChI is InChI=1S/C19H20N4O2/c1-24-16-9-12-5-3-6-14(13(12)10-17(16)25-2)23-19-18-15(21-11-22-19)7-4-8-20-18/h4,7-11,14H,3,5-6H2,1-2H3,(H,21,22,23). The van der Waals surface area contributed by atoms with Crippen LogP contribution in [0.4, 0.5) is 5.82 Å². The van der Waals surface area contributed by atoms with Gasteiger partial charge in [0.05, 0.1) is 25.8 Å². The van der Waals surface area contributed by atoms with Crippen molar-refractivity contribution in [2.75, 3.05) is 19.5 Å². The Morgan fingerprint density at radius 2 is 1.92 bits per heavy atom. The van der Waals surface area contributed by atoms with Crippen molar-refractivity contribution in [2.45, 2.75) is 25.3 Å². The molecule has 2 heterocycles. The van der Waals surface area contributed by atoms with Crippen molar-refractivity contribution in [1.82, 2.24) is 15.0 Å². The lowest BCUT2D eigenvalue weighted by Gasteiger charge is -2.28. The smallest absolute Gasteiger partial charge is 0.161 e. The third-order valence-corrected chi connectivity index (χ3v) is 4.67. The van der Waals surface area contributed by atoms with Gasteiger partial charge >= 0.3 is 0 Å². The van der Waals surface area contributed by atoms with E-state index < -0.39 is 0 Å². The molecule has 1 aromatic carbocycles. The molecule has 1 aliphatic carbocycles. The molecule has 0 aliphatic heterocycles. The summed E-state index contributed by atoms with van der Waals surface area (Å²) in [6.07, 6.45) is 6.51. The summed E-state index contributed by atoms with van der Waals surface area (Å²) in [5.74, 6) is 2.29. The van der Waals surface area contributed by atoms with Crippen LogP contribution in [0, 0.1) is 0 Å². The van der Waals surface area contributed by atoms with E-state index in [4.69, 9.17) is 9.47 Å². The summed E-state index contributed by atoms with van der Waals surface area (Å²) < 4.78 is 10.9. The van der Waals surface area contributed by atoms with Gasteiger partial charge in [0.1, 0.15) is 11.8 Å². The first kappa shape index (κ1) is 15.6. The molecule has 1 unspecified atom stereocenters. The number of benzene rings is 1. The third kappa shape index (κ3) is 2.84. The van der Waals surface area contributed by atoms with Crippen LogP contribution in [-0.2, 0) is 6.42 Å². The summed E-state index contributed by atoms with van der Waals surface area (Å²) in [5.41, 5.74) is 4.14. The first-order chi connectivity index (χ1) is 12.3. The predicted molar refractivity (Wildman–Crippen MR) is 96.2 cm³/mol. The lowest BCUT2D eigenvalue weighted by molar-refractivity contribution is 0.353. The Labute approximate surface area is 146 Å². The van der Waals surface area contributed by atoms with Gasteiger partial charge < -0.3 is 14.8 Å². The van der Waals surface area contributed by atoms with Gasteiger partial charge in [-0.3, -0.25) is 4.98 Å². The fourth-order valence-electron chi connectivity index (χ4n) is 3.44. The fraction of sp³-hybridized carbons (Fsp3) is 0.316. The molecule has 0 saturated heterocycles. The number of hydrogen-bond acceptors (Lipinski definition) is 6. The van der Waals surface area contributed by atoms with Crippen molar-refractivity contribution in [3.05, 3.63) is 47.9 Å². The van der Waals surface area contributed by atoms with Crippen molar-refractivity contribution in [2.24, 2.45) is 0 Å². The van der Waals surface area contributed by atoms with Gasteiger partial charge in [0, 0.05) is 6.20 Å². The molecular formula is C19H20N4O2. The maximum atomic E-state index is 5.48. The largest absolute Gasteiger partial charge is 0.493 e. The van der Waals surface area contributed by atoms with E-state index in [1.54, 1.807) is 26.7 Å². The first-order valence-corrected chi connectivity index (χ1v) is 8.37. The zero-order valence-corrected chi connectivity index (χ0v) is 14.3. The number of aryl methyl sites for hydroxylation is 1. The third-order valence-electron chi connectivity index (χ3n) is 4.67. The minimum absolute atomic E-state index is 0.156. The van der Waals surface area contributed by atoms with Gasteiger partial charge in [0.25, 0.3) is 0 Å². The molecule has 0 saturated carbocycles. The van der Waals surface area contributed by atoms with E-state index in [1.807, 2.05) is 12.1 Å². The van der Waals surface area contributed by atoms with Gasteiger partial charge in [-0.2, -0.15) is 0 Å². The first-order valence-electron chi connectivity index (χ1n) is 8.37. The Morgan fingerprint density at radius 1 is 1.08 bits per heavy atom. The minimum Gasteiger partial charge on any atom is -0.493 e. The molecule has 1 N–H and O–H groups in total. The van der Waals surface area contributed by atoms with Crippen LogP contribution in [0.25, 0.3) is 11.0 Å². The Kier molecular flexibility index (Phi) is 4.09. The molecule has 1 aliphatic rings. The Bertz CT molecular complexity index is 908. The summed E-state index contributed by atoms with van der Waals surface area (Å²) in [4.78, 5) is 13.1. The lowest BCUT2D eigenvalue weighted by Crippen LogP contribution is -2.18. The predicted octanol–water partition coefficient (Wildman–Crippen LogP) is 3.53. The van der Waals surface area contributed by atoms with Crippen molar-refractivity contribution in [3.63, 3.8) is 0 Å². The van der Waals surface area contributed by atoms with Crippen LogP contribution in [-0.4, -0.2) is 29.2 Å². The van der Waals surface area contributed by atoms with E-state index >= 15 is 0 Å². The van der Waals surface area contributed by atoms with Crippen LogP contribution in [0.15, 0.2) is 36.8 Å². The van der Waals surface area contributed by atoms with Crippen molar-refractivity contribution in [1.29, 1.82) is 0 Å². The average molecular weight is 336 g/mol. The number of pyridine rings is 1. The molecule has 128 valence electrons. The van der Waals surface area contributed by atoms with E-state index in [0.717, 1.165) is 47.6 Å². The maximum absolute atomic E-state index is 5.48. The molecule has 3 aromatic rings. The van der Waals surface area contributed by atoms with Crippen LogP contribution >= 0.6 is 0 Å². The summed E-state index contributed by atoms with van der Waals surface area (Å²) in [5, 5.41) is 3.56. The number of fused-ring (bicyclic) bond motifs is 2. The summed E-state index contributed by atoms with van der Waals surface area (Å²) >= 11 is 0.